The first-order valence-electron chi connectivity index (χ1n) is 4.81. The monoisotopic (exact) mass is 261 g/mol. The van der Waals surface area contributed by atoms with E-state index in [1.165, 1.54) is 10.9 Å². The van der Waals surface area contributed by atoms with E-state index in [-0.39, 0.29) is 24.5 Å². The lowest BCUT2D eigenvalue weighted by atomic mass is 10.3. The summed E-state index contributed by atoms with van der Waals surface area (Å²) in [5.74, 6) is -0.391. The van der Waals surface area contributed by atoms with E-state index in [2.05, 4.69) is 15.1 Å². The molecule has 0 spiro atoms. The normalized spacial score (nSPS) is 11.4. The fourth-order valence-electron chi connectivity index (χ4n) is 1.23. The number of aryl methyl sites for hydroxylation is 1. The molecule has 1 amide bonds. The Morgan fingerprint density at radius 1 is 1.53 bits per heavy atom. The van der Waals surface area contributed by atoms with Crippen molar-refractivity contribution in [2.75, 3.05) is 25.1 Å². The molecule has 0 bridgehead atoms. The molecule has 1 aromatic heterocycles. The first-order chi connectivity index (χ1) is 7.81. The number of rotatable bonds is 5. The molecule has 4 N–H and O–H groups in total. The van der Waals surface area contributed by atoms with Crippen LogP contribution in [0.1, 0.15) is 10.5 Å². The zero-order chi connectivity index (χ0) is 13.1. The third-order valence-electron chi connectivity index (χ3n) is 1.96. The minimum absolute atomic E-state index is 0.127. The topological polar surface area (TPSA) is 119 Å². The standard InChI is InChI=1S/C8H15N5O3S/c1-13-7(6(9)5-11-13)8(14)10-3-4-12-17(2,15)16/h5,12H,3-4,9H2,1-2H3,(H,10,14). The second-order valence-corrected chi connectivity index (χ2v) is 5.33. The van der Waals surface area contributed by atoms with Gasteiger partial charge < -0.3 is 11.1 Å². The van der Waals surface area contributed by atoms with Gasteiger partial charge in [0, 0.05) is 20.1 Å². The average Bonchev–Trinajstić information content (AvgIpc) is 2.52. The summed E-state index contributed by atoms with van der Waals surface area (Å²) in [5, 5.41) is 6.36. The van der Waals surface area contributed by atoms with Gasteiger partial charge >= 0.3 is 0 Å². The molecule has 1 rings (SSSR count). The molecule has 0 saturated carbocycles. The summed E-state index contributed by atoms with van der Waals surface area (Å²) in [4.78, 5) is 11.6. The lowest BCUT2D eigenvalue weighted by Crippen LogP contribution is -2.35. The summed E-state index contributed by atoms with van der Waals surface area (Å²) in [6, 6.07) is 0. The lowest BCUT2D eigenvalue weighted by Gasteiger charge is -2.06. The van der Waals surface area contributed by atoms with Crippen LogP contribution in [0.5, 0.6) is 0 Å². The number of carbonyl (C=O) groups excluding carboxylic acids is 1. The van der Waals surface area contributed by atoms with Crippen LogP contribution in [0.15, 0.2) is 6.20 Å². The number of nitrogens with zero attached hydrogens (tertiary/aromatic N) is 2. The summed E-state index contributed by atoms with van der Waals surface area (Å²) in [6.07, 6.45) is 2.43. The second-order valence-electron chi connectivity index (χ2n) is 3.49. The van der Waals surface area contributed by atoms with Crippen molar-refractivity contribution >= 4 is 21.6 Å². The summed E-state index contributed by atoms with van der Waals surface area (Å²) in [7, 11) is -1.64. The predicted octanol–water partition coefficient (Wildman–Crippen LogP) is -1.72. The van der Waals surface area contributed by atoms with Crippen LogP contribution in [-0.2, 0) is 17.1 Å². The van der Waals surface area contributed by atoms with E-state index in [0.29, 0.717) is 0 Å². The van der Waals surface area contributed by atoms with Crippen LogP contribution >= 0.6 is 0 Å². The van der Waals surface area contributed by atoms with Crippen LogP contribution in [0, 0.1) is 0 Å². The van der Waals surface area contributed by atoms with Crippen LogP contribution < -0.4 is 15.8 Å². The summed E-state index contributed by atoms with van der Waals surface area (Å²) >= 11 is 0. The van der Waals surface area contributed by atoms with Crippen LogP contribution in [0.25, 0.3) is 0 Å². The molecule has 0 aliphatic heterocycles. The highest BCUT2D eigenvalue weighted by Crippen LogP contribution is 2.08. The Morgan fingerprint density at radius 3 is 2.65 bits per heavy atom. The highest BCUT2D eigenvalue weighted by Gasteiger charge is 2.14. The maximum atomic E-state index is 11.6. The third-order valence-corrected chi connectivity index (χ3v) is 2.69. The Kier molecular flexibility index (Phi) is 4.07. The van der Waals surface area contributed by atoms with Gasteiger partial charge in [0.15, 0.2) is 0 Å². The summed E-state index contributed by atoms with van der Waals surface area (Å²) < 4.78 is 25.1. The van der Waals surface area contributed by atoms with E-state index in [1.54, 1.807) is 7.05 Å². The molecule has 9 heteroatoms. The van der Waals surface area contributed by atoms with Gasteiger partial charge in [-0.05, 0) is 0 Å². The number of amides is 1. The summed E-state index contributed by atoms with van der Waals surface area (Å²) in [5.41, 5.74) is 6.09. The van der Waals surface area contributed by atoms with Crippen molar-refractivity contribution in [1.29, 1.82) is 0 Å². The number of anilines is 1. The Morgan fingerprint density at radius 2 is 2.18 bits per heavy atom. The van der Waals surface area contributed by atoms with Crippen molar-refractivity contribution in [3.63, 3.8) is 0 Å². The van der Waals surface area contributed by atoms with Gasteiger partial charge in [0.25, 0.3) is 5.91 Å². The number of aromatic nitrogens is 2. The van der Waals surface area contributed by atoms with Crippen molar-refractivity contribution in [2.45, 2.75) is 0 Å². The number of sulfonamides is 1. The lowest BCUT2D eigenvalue weighted by molar-refractivity contribution is 0.0946. The number of nitrogens with two attached hydrogens (primary N) is 1. The largest absolute Gasteiger partial charge is 0.396 e. The predicted molar refractivity (Wildman–Crippen MR) is 62.8 cm³/mol. The molecule has 0 atom stereocenters. The third kappa shape index (κ3) is 4.04. The van der Waals surface area contributed by atoms with Crippen LogP contribution in [0.3, 0.4) is 0 Å². The molecule has 0 aromatic carbocycles. The zero-order valence-corrected chi connectivity index (χ0v) is 10.4. The quantitative estimate of drug-likeness (QED) is 0.545. The van der Waals surface area contributed by atoms with Gasteiger partial charge in [-0.25, -0.2) is 13.1 Å². The first kappa shape index (κ1) is 13.5. The summed E-state index contributed by atoms with van der Waals surface area (Å²) in [6.45, 7) is 0.304. The Hall–Kier alpha value is -1.61. The van der Waals surface area contributed by atoms with E-state index in [9.17, 15) is 13.2 Å². The number of nitrogens with one attached hydrogen (secondary N) is 2. The molecule has 1 heterocycles. The van der Waals surface area contributed by atoms with Crippen molar-refractivity contribution < 1.29 is 13.2 Å². The van der Waals surface area contributed by atoms with Gasteiger partial charge in [-0.15, -0.1) is 0 Å². The molecule has 0 saturated heterocycles. The van der Waals surface area contributed by atoms with Crippen molar-refractivity contribution in [3.05, 3.63) is 11.9 Å². The van der Waals surface area contributed by atoms with E-state index < -0.39 is 15.9 Å². The molecule has 0 aliphatic carbocycles. The maximum Gasteiger partial charge on any atom is 0.271 e. The molecule has 0 aliphatic rings. The van der Waals surface area contributed by atoms with Crippen LogP contribution in [-0.4, -0.2) is 43.5 Å². The molecular formula is C8H15N5O3S. The number of hydrogen-bond donors (Lipinski definition) is 3. The zero-order valence-electron chi connectivity index (χ0n) is 9.60. The minimum atomic E-state index is -3.24. The van der Waals surface area contributed by atoms with E-state index in [0.717, 1.165) is 6.26 Å². The van der Waals surface area contributed by atoms with Crippen molar-refractivity contribution in [1.82, 2.24) is 19.8 Å². The minimum Gasteiger partial charge on any atom is -0.396 e. The fourth-order valence-corrected chi connectivity index (χ4v) is 1.70. The Labute approximate surface area is 99.2 Å². The molecule has 8 nitrogen and oxygen atoms in total. The second kappa shape index (κ2) is 5.15. The van der Waals surface area contributed by atoms with Gasteiger partial charge in [0.05, 0.1) is 18.1 Å². The van der Waals surface area contributed by atoms with Crippen molar-refractivity contribution in [2.24, 2.45) is 7.05 Å². The highest BCUT2D eigenvalue weighted by molar-refractivity contribution is 7.88. The number of carbonyl (C=O) groups is 1. The van der Waals surface area contributed by atoms with Crippen LogP contribution in [0.4, 0.5) is 5.69 Å². The van der Waals surface area contributed by atoms with Crippen LogP contribution in [0.2, 0.25) is 0 Å². The SMILES string of the molecule is Cn1ncc(N)c1C(=O)NCCNS(C)(=O)=O. The van der Waals surface area contributed by atoms with E-state index in [4.69, 9.17) is 5.73 Å². The molecular weight excluding hydrogens is 246 g/mol. The Bertz CT molecular complexity index is 488. The molecule has 1 aromatic rings. The van der Waals surface area contributed by atoms with Gasteiger partial charge in [0.2, 0.25) is 10.0 Å². The molecule has 0 radical (unpaired) electrons. The van der Waals surface area contributed by atoms with Gasteiger partial charge in [-0.1, -0.05) is 0 Å². The van der Waals surface area contributed by atoms with Gasteiger partial charge in [-0.3, -0.25) is 9.48 Å². The molecule has 0 unspecified atom stereocenters. The maximum absolute atomic E-state index is 11.6. The smallest absolute Gasteiger partial charge is 0.271 e. The number of nitrogen functional groups attached to an aromatic ring is 1. The van der Waals surface area contributed by atoms with Gasteiger partial charge in [0.1, 0.15) is 5.69 Å². The van der Waals surface area contributed by atoms with Gasteiger partial charge in [-0.2, -0.15) is 5.10 Å². The van der Waals surface area contributed by atoms with E-state index >= 15 is 0 Å². The van der Waals surface area contributed by atoms with E-state index in [1.807, 2.05) is 0 Å². The van der Waals surface area contributed by atoms with Crippen molar-refractivity contribution in [3.8, 4) is 0 Å². The highest BCUT2D eigenvalue weighted by atomic mass is 32.2. The Balaban J connectivity index is 2.46. The fraction of sp³-hybridized carbons (Fsp3) is 0.500. The first-order valence-corrected chi connectivity index (χ1v) is 6.70. The molecule has 0 fully saturated rings. The average molecular weight is 261 g/mol. The molecule has 17 heavy (non-hydrogen) atoms. The molecule has 96 valence electrons. The number of hydrogen-bond acceptors (Lipinski definition) is 5.